The van der Waals surface area contributed by atoms with Crippen molar-refractivity contribution >= 4 is 39.5 Å². The minimum Gasteiger partial charge on any atom is -0.462 e. The monoisotopic (exact) mass is 1540 g/mol. The second kappa shape index (κ2) is 78.7. The maximum atomic E-state index is 13.1. The summed E-state index contributed by atoms with van der Waals surface area (Å²) in [7, 11) is -9.93. The predicted molar refractivity (Wildman–Crippen MR) is 432 cm³/mol. The maximum Gasteiger partial charge on any atom is 0.472 e. The number of phosphoric acid groups is 2. The number of ether oxygens (including phenoxy) is 4. The van der Waals surface area contributed by atoms with E-state index in [0.29, 0.717) is 25.7 Å². The van der Waals surface area contributed by atoms with E-state index >= 15 is 0 Å². The summed E-state index contributed by atoms with van der Waals surface area (Å²) in [5.41, 5.74) is 0. The predicted octanol–water partition coefficient (Wildman–Crippen LogP) is 26.4. The second-order valence-corrected chi connectivity index (χ2v) is 34.1. The fourth-order valence-electron chi connectivity index (χ4n) is 13.4. The van der Waals surface area contributed by atoms with E-state index in [1.165, 1.54) is 289 Å². The van der Waals surface area contributed by atoms with Crippen LogP contribution < -0.4 is 0 Å². The van der Waals surface area contributed by atoms with Gasteiger partial charge in [0.1, 0.15) is 19.3 Å². The molecule has 6 atom stereocenters. The van der Waals surface area contributed by atoms with E-state index in [9.17, 15) is 43.2 Å². The zero-order valence-electron chi connectivity index (χ0n) is 68.9. The van der Waals surface area contributed by atoms with Crippen LogP contribution in [0.15, 0.2) is 0 Å². The van der Waals surface area contributed by atoms with Gasteiger partial charge >= 0.3 is 39.5 Å². The first-order valence-electron chi connectivity index (χ1n) is 44.7. The summed E-state index contributed by atoms with van der Waals surface area (Å²) < 4.78 is 68.9. The number of aliphatic hydroxyl groups excluding tert-OH is 1. The van der Waals surface area contributed by atoms with Gasteiger partial charge in [0.2, 0.25) is 0 Å². The van der Waals surface area contributed by atoms with Gasteiger partial charge in [-0.2, -0.15) is 0 Å². The summed E-state index contributed by atoms with van der Waals surface area (Å²) >= 11 is 0. The third-order valence-electron chi connectivity index (χ3n) is 20.6. The van der Waals surface area contributed by atoms with E-state index in [2.05, 4.69) is 34.6 Å². The molecule has 105 heavy (non-hydrogen) atoms. The Morgan fingerprint density at radius 2 is 0.457 bits per heavy atom. The Hall–Kier alpha value is -1.94. The second-order valence-electron chi connectivity index (χ2n) is 31.2. The van der Waals surface area contributed by atoms with Gasteiger partial charge in [-0.05, 0) is 31.6 Å². The number of phosphoric ester groups is 2. The summed E-state index contributed by atoms with van der Waals surface area (Å²) in [6.07, 6.45) is 72.1. The molecule has 17 nitrogen and oxygen atoms in total. The molecule has 0 aromatic rings. The van der Waals surface area contributed by atoms with Crippen LogP contribution in [0.5, 0.6) is 0 Å². The number of hydrogen-bond donors (Lipinski definition) is 3. The quantitative estimate of drug-likeness (QED) is 0.0222. The van der Waals surface area contributed by atoms with Gasteiger partial charge < -0.3 is 33.8 Å². The van der Waals surface area contributed by atoms with Crippen LogP contribution in [-0.2, 0) is 65.4 Å². The third-order valence-corrected chi connectivity index (χ3v) is 22.5. The Morgan fingerprint density at radius 3 is 0.676 bits per heavy atom. The van der Waals surface area contributed by atoms with E-state index < -0.39 is 97.5 Å². The molecule has 3 N–H and O–H groups in total. The molecule has 0 radical (unpaired) electrons. The highest BCUT2D eigenvalue weighted by atomic mass is 31.2. The highest BCUT2D eigenvalue weighted by molar-refractivity contribution is 7.47. The zero-order valence-corrected chi connectivity index (χ0v) is 70.7. The van der Waals surface area contributed by atoms with Gasteiger partial charge in [0.05, 0.1) is 26.4 Å². The van der Waals surface area contributed by atoms with Crippen molar-refractivity contribution in [3.8, 4) is 0 Å². The summed E-state index contributed by atoms with van der Waals surface area (Å²) in [6, 6.07) is 0. The molecule has 0 heterocycles. The molecule has 0 saturated heterocycles. The normalized spacial score (nSPS) is 14.0. The Morgan fingerprint density at radius 1 is 0.267 bits per heavy atom. The number of unbranched alkanes of at least 4 members (excludes halogenated alkanes) is 57. The van der Waals surface area contributed by atoms with Crippen LogP contribution in [0.4, 0.5) is 0 Å². The van der Waals surface area contributed by atoms with Crippen LogP contribution in [0.2, 0.25) is 0 Å². The van der Waals surface area contributed by atoms with Crippen LogP contribution in [0.1, 0.15) is 465 Å². The van der Waals surface area contributed by atoms with Crippen LogP contribution in [0.25, 0.3) is 0 Å². The molecule has 0 aliphatic rings. The first-order valence-corrected chi connectivity index (χ1v) is 47.7. The molecule has 0 aromatic carbocycles. The average molecular weight is 1540 g/mol. The minimum absolute atomic E-state index is 0.109. The molecule has 0 aliphatic heterocycles. The number of aliphatic hydroxyl groups is 1. The molecule has 624 valence electrons. The fourth-order valence-corrected chi connectivity index (χ4v) is 15.0. The standard InChI is InChI=1S/C86H168O17P2/c1-6-10-13-16-19-22-25-27-29-30-31-32-33-34-35-36-42-47-52-57-62-67-72-86(91)103-82(76-97-84(89)70-65-60-55-50-45-41-38-37-39-44-48-53-58-63-68-79(5)9-4)78-101-105(94,95)99-74-80(87)73-98-104(92,93)100-77-81(75-96-83(88)69-64-59-54-49-43-24-21-18-15-12-8-3)102-85(90)71-66-61-56-51-46-40-28-26-23-20-17-14-11-7-2/h79-82,87H,6-78H2,1-5H3,(H,92,93)(H,94,95)/t79?,80-,81+,82+/m0/s1. The molecule has 0 aromatic heterocycles. The Bertz CT molecular complexity index is 2000. The van der Waals surface area contributed by atoms with Crippen molar-refractivity contribution in [3.05, 3.63) is 0 Å². The summed E-state index contributed by atoms with van der Waals surface area (Å²) in [5, 5.41) is 10.7. The minimum atomic E-state index is -4.97. The van der Waals surface area contributed by atoms with Crippen molar-refractivity contribution in [2.75, 3.05) is 39.6 Å². The molecular formula is C86H168O17P2. The lowest BCUT2D eigenvalue weighted by molar-refractivity contribution is -0.161. The summed E-state index contributed by atoms with van der Waals surface area (Å²) in [6.45, 7) is 7.42. The molecule has 3 unspecified atom stereocenters. The first kappa shape index (κ1) is 103. The molecule has 0 spiro atoms. The molecule has 0 fully saturated rings. The molecule has 0 amide bonds. The van der Waals surface area contributed by atoms with Gasteiger partial charge in [0.15, 0.2) is 12.2 Å². The lowest BCUT2D eigenvalue weighted by Crippen LogP contribution is -2.30. The molecule has 0 saturated carbocycles. The number of rotatable bonds is 86. The lowest BCUT2D eigenvalue weighted by atomic mass is 9.99. The SMILES string of the molecule is CCCCCCCCCCCCCCCCCCCCCCCCC(=O)O[C@H](COC(=O)CCCCCCCCCCCCCCCCC(C)CC)COP(=O)(O)OC[C@@H](O)COP(=O)(O)OC[C@@H](COC(=O)CCCCCCCCCCCCC)OC(=O)CCCCCCCCCCCCCCCC. The Labute approximate surface area is 645 Å². The number of esters is 4. The largest absolute Gasteiger partial charge is 0.472 e. The third kappa shape index (κ3) is 78.5. The van der Waals surface area contributed by atoms with Crippen LogP contribution in [-0.4, -0.2) is 96.7 Å². The maximum absolute atomic E-state index is 13.1. The molecular weight excluding hydrogens is 1370 g/mol. The first-order chi connectivity index (χ1) is 51.1. The Balaban J connectivity index is 5.22. The topological polar surface area (TPSA) is 237 Å². The van der Waals surface area contributed by atoms with Crippen molar-refractivity contribution < 1.29 is 80.2 Å². The van der Waals surface area contributed by atoms with Crippen LogP contribution >= 0.6 is 15.6 Å². The highest BCUT2D eigenvalue weighted by Crippen LogP contribution is 2.45. The highest BCUT2D eigenvalue weighted by Gasteiger charge is 2.30. The van der Waals surface area contributed by atoms with Crippen molar-refractivity contribution in [3.63, 3.8) is 0 Å². The summed E-state index contributed by atoms with van der Waals surface area (Å²) in [5.74, 6) is -1.25. The van der Waals surface area contributed by atoms with E-state index in [1.54, 1.807) is 0 Å². The van der Waals surface area contributed by atoms with Gasteiger partial charge in [-0.1, -0.05) is 413 Å². The van der Waals surface area contributed by atoms with E-state index in [4.69, 9.17) is 37.0 Å². The summed E-state index contributed by atoms with van der Waals surface area (Å²) in [4.78, 5) is 73.2. The molecule has 19 heteroatoms. The van der Waals surface area contributed by atoms with Crippen molar-refractivity contribution in [1.29, 1.82) is 0 Å². The van der Waals surface area contributed by atoms with Crippen molar-refractivity contribution in [2.24, 2.45) is 5.92 Å². The van der Waals surface area contributed by atoms with Crippen molar-refractivity contribution in [1.82, 2.24) is 0 Å². The van der Waals surface area contributed by atoms with Gasteiger partial charge in [0.25, 0.3) is 0 Å². The van der Waals surface area contributed by atoms with Crippen LogP contribution in [0, 0.1) is 5.92 Å². The van der Waals surface area contributed by atoms with Gasteiger partial charge in [-0.3, -0.25) is 37.3 Å². The van der Waals surface area contributed by atoms with Gasteiger partial charge in [-0.25, -0.2) is 9.13 Å². The van der Waals surface area contributed by atoms with E-state index in [0.717, 1.165) is 95.8 Å². The molecule has 0 aliphatic carbocycles. The zero-order chi connectivity index (χ0) is 76.9. The Kier molecular flexibility index (Phi) is 77.3. The number of carbonyl (C=O) groups excluding carboxylic acids is 4. The lowest BCUT2D eigenvalue weighted by Gasteiger charge is -2.21. The fraction of sp³-hybridized carbons (Fsp3) is 0.953. The number of carbonyl (C=O) groups is 4. The van der Waals surface area contributed by atoms with E-state index in [1.807, 2.05) is 0 Å². The molecule has 0 bridgehead atoms. The van der Waals surface area contributed by atoms with Gasteiger partial charge in [-0.15, -0.1) is 0 Å². The molecule has 0 rings (SSSR count). The van der Waals surface area contributed by atoms with Gasteiger partial charge in [0, 0.05) is 25.7 Å². The van der Waals surface area contributed by atoms with Crippen LogP contribution in [0.3, 0.4) is 0 Å². The number of hydrogen-bond acceptors (Lipinski definition) is 15. The smallest absolute Gasteiger partial charge is 0.462 e. The average Bonchev–Trinajstić information content (AvgIpc) is 0.908. The van der Waals surface area contributed by atoms with E-state index in [-0.39, 0.29) is 25.7 Å². The van der Waals surface area contributed by atoms with Crippen molar-refractivity contribution in [2.45, 2.75) is 483 Å².